The fourth-order valence-corrected chi connectivity index (χ4v) is 2.67. The number of hydrogen-bond donors (Lipinski definition) is 2. The summed E-state index contributed by atoms with van der Waals surface area (Å²) in [6.07, 6.45) is 2.27. The van der Waals surface area contributed by atoms with E-state index >= 15 is 0 Å². The molecule has 24 heavy (non-hydrogen) atoms. The SMILES string of the molecule is CN=C(NCC(C)Oc1cccc(C)c1)NCC1(C)CCCO1.I. The van der Waals surface area contributed by atoms with Crippen LogP contribution >= 0.6 is 24.0 Å². The molecule has 6 heteroatoms. The number of ether oxygens (including phenoxy) is 2. The van der Waals surface area contributed by atoms with Crippen LogP contribution in [0.3, 0.4) is 0 Å². The summed E-state index contributed by atoms with van der Waals surface area (Å²) in [5.41, 5.74) is 1.12. The van der Waals surface area contributed by atoms with E-state index in [1.807, 2.05) is 25.1 Å². The topological polar surface area (TPSA) is 54.9 Å². The molecule has 2 atom stereocenters. The monoisotopic (exact) mass is 447 g/mol. The molecule has 136 valence electrons. The van der Waals surface area contributed by atoms with Crippen molar-refractivity contribution in [3.8, 4) is 5.75 Å². The molecule has 2 rings (SSSR count). The van der Waals surface area contributed by atoms with Gasteiger partial charge in [0.25, 0.3) is 0 Å². The van der Waals surface area contributed by atoms with Crippen LogP contribution in [0, 0.1) is 6.92 Å². The van der Waals surface area contributed by atoms with E-state index < -0.39 is 0 Å². The molecule has 1 aliphatic heterocycles. The zero-order chi connectivity index (χ0) is 16.7. The third-order valence-corrected chi connectivity index (χ3v) is 4.04. The molecule has 0 radical (unpaired) electrons. The van der Waals surface area contributed by atoms with Crippen molar-refractivity contribution in [2.45, 2.75) is 45.3 Å². The van der Waals surface area contributed by atoms with Crippen LogP contribution in [-0.4, -0.2) is 44.4 Å². The lowest BCUT2D eigenvalue weighted by atomic mass is 10.0. The van der Waals surface area contributed by atoms with Crippen molar-refractivity contribution in [3.05, 3.63) is 29.8 Å². The number of halogens is 1. The summed E-state index contributed by atoms with van der Waals surface area (Å²) in [6.45, 7) is 8.55. The summed E-state index contributed by atoms with van der Waals surface area (Å²) in [4.78, 5) is 4.26. The minimum Gasteiger partial charge on any atom is -0.489 e. The molecular weight excluding hydrogens is 417 g/mol. The molecule has 0 saturated carbocycles. The predicted octanol–water partition coefficient (Wildman–Crippen LogP) is 3.11. The van der Waals surface area contributed by atoms with Gasteiger partial charge < -0.3 is 20.1 Å². The van der Waals surface area contributed by atoms with Crippen LogP contribution in [0.15, 0.2) is 29.3 Å². The van der Waals surface area contributed by atoms with Crippen molar-refractivity contribution in [1.29, 1.82) is 0 Å². The minimum absolute atomic E-state index is 0. The standard InChI is InChI=1S/C18H29N3O2.HI/c1-14-7-5-8-16(11-14)23-15(2)12-20-17(19-4)21-13-18(3)9-6-10-22-18;/h5,7-8,11,15H,6,9-10,12-13H2,1-4H3,(H2,19,20,21);1H. The van der Waals surface area contributed by atoms with Gasteiger partial charge in [0.2, 0.25) is 0 Å². The number of nitrogens with zero attached hydrogens (tertiary/aromatic N) is 1. The molecule has 1 saturated heterocycles. The summed E-state index contributed by atoms with van der Waals surface area (Å²) in [6, 6.07) is 8.09. The van der Waals surface area contributed by atoms with E-state index in [-0.39, 0.29) is 35.7 Å². The highest BCUT2D eigenvalue weighted by Crippen LogP contribution is 2.23. The fourth-order valence-electron chi connectivity index (χ4n) is 2.67. The number of hydrogen-bond acceptors (Lipinski definition) is 3. The summed E-state index contributed by atoms with van der Waals surface area (Å²) >= 11 is 0. The van der Waals surface area contributed by atoms with Crippen molar-refractivity contribution in [2.24, 2.45) is 4.99 Å². The molecule has 1 aromatic rings. The van der Waals surface area contributed by atoms with E-state index in [0.717, 1.165) is 37.7 Å². The first-order chi connectivity index (χ1) is 11.0. The fraction of sp³-hybridized carbons (Fsp3) is 0.611. The number of benzene rings is 1. The Morgan fingerprint density at radius 2 is 2.21 bits per heavy atom. The number of rotatable bonds is 6. The van der Waals surface area contributed by atoms with Gasteiger partial charge in [-0.05, 0) is 51.3 Å². The molecule has 0 amide bonds. The molecule has 2 unspecified atom stereocenters. The summed E-state index contributed by atoms with van der Waals surface area (Å²) in [5.74, 6) is 1.68. The van der Waals surface area contributed by atoms with Gasteiger partial charge in [-0.3, -0.25) is 4.99 Å². The number of nitrogens with one attached hydrogen (secondary N) is 2. The van der Waals surface area contributed by atoms with Gasteiger partial charge in [-0.15, -0.1) is 24.0 Å². The highest BCUT2D eigenvalue weighted by atomic mass is 127. The van der Waals surface area contributed by atoms with E-state index in [1.54, 1.807) is 7.05 Å². The highest BCUT2D eigenvalue weighted by Gasteiger charge is 2.29. The number of aryl methyl sites for hydroxylation is 1. The average molecular weight is 447 g/mol. The number of guanidine groups is 1. The zero-order valence-electron chi connectivity index (χ0n) is 15.1. The van der Waals surface area contributed by atoms with E-state index in [2.05, 4.69) is 35.5 Å². The highest BCUT2D eigenvalue weighted by molar-refractivity contribution is 14.0. The third kappa shape index (κ3) is 6.84. The minimum atomic E-state index is -0.0820. The molecule has 1 heterocycles. The molecule has 2 N–H and O–H groups in total. The second kappa shape index (κ2) is 10.1. The van der Waals surface area contributed by atoms with Crippen LogP contribution in [0.1, 0.15) is 32.3 Å². The first-order valence-corrected chi connectivity index (χ1v) is 8.32. The lowest BCUT2D eigenvalue weighted by molar-refractivity contribution is 0.0242. The Morgan fingerprint density at radius 1 is 1.42 bits per heavy atom. The van der Waals surface area contributed by atoms with E-state index in [1.165, 1.54) is 5.56 Å². The largest absolute Gasteiger partial charge is 0.489 e. The Hall–Kier alpha value is -1.02. The summed E-state index contributed by atoms with van der Waals surface area (Å²) in [7, 11) is 1.78. The van der Waals surface area contributed by atoms with E-state index in [9.17, 15) is 0 Å². The molecule has 0 spiro atoms. The molecule has 0 bridgehead atoms. The predicted molar refractivity (Wildman–Crippen MR) is 110 cm³/mol. The lowest BCUT2D eigenvalue weighted by Gasteiger charge is -2.25. The van der Waals surface area contributed by atoms with Crippen LogP contribution in [-0.2, 0) is 4.74 Å². The van der Waals surface area contributed by atoms with Gasteiger partial charge in [-0.2, -0.15) is 0 Å². The molecular formula is C18H30IN3O2. The van der Waals surface area contributed by atoms with Crippen LogP contribution in [0.2, 0.25) is 0 Å². The van der Waals surface area contributed by atoms with Crippen molar-refractivity contribution in [3.63, 3.8) is 0 Å². The molecule has 1 aliphatic rings. The van der Waals surface area contributed by atoms with Crippen LogP contribution in [0.5, 0.6) is 5.75 Å². The first-order valence-electron chi connectivity index (χ1n) is 8.32. The van der Waals surface area contributed by atoms with Crippen molar-refractivity contribution >= 4 is 29.9 Å². The van der Waals surface area contributed by atoms with Crippen LogP contribution in [0.25, 0.3) is 0 Å². The van der Waals surface area contributed by atoms with Gasteiger partial charge >= 0.3 is 0 Å². The molecule has 1 aromatic carbocycles. The maximum atomic E-state index is 5.92. The third-order valence-electron chi connectivity index (χ3n) is 4.04. The van der Waals surface area contributed by atoms with Gasteiger partial charge in [0, 0.05) is 20.2 Å². The van der Waals surface area contributed by atoms with Gasteiger partial charge in [0.15, 0.2) is 5.96 Å². The summed E-state index contributed by atoms with van der Waals surface area (Å²) < 4.78 is 11.7. The summed E-state index contributed by atoms with van der Waals surface area (Å²) in [5, 5.41) is 6.64. The molecule has 5 nitrogen and oxygen atoms in total. The molecule has 1 fully saturated rings. The van der Waals surface area contributed by atoms with Crippen molar-refractivity contribution < 1.29 is 9.47 Å². The maximum Gasteiger partial charge on any atom is 0.191 e. The second-order valence-electron chi connectivity index (χ2n) is 6.45. The van der Waals surface area contributed by atoms with Gasteiger partial charge in [0.1, 0.15) is 11.9 Å². The smallest absolute Gasteiger partial charge is 0.191 e. The van der Waals surface area contributed by atoms with E-state index in [0.29, 0.717) is 6.54 Å². The van der Waals surface area contributed by atoms with Crippen LogP contribution in [0.4, 0.5) is 0 Å². The normalized spacial score (nSPS) is 21.8. The second-order valence-corrected chi connectivity index (χ2v) is 6.45. The van der Waals surface area contributed by atoms with Gasteiger partial charge in [0.05, 0.1) is 12.1 Å². The Kier molecular flexibility index (Phi) is 8.83. The Balaban J connectivity index is 0.00000288. The first kappa shape index (κ1) is 21.0. The molecule has 0 aliphatic carbocycles. The lowest BCUT2D eigenvalue weighted by Crippen LogP contribution is -2.47. The molecule has 0 aromatic heterocycles. The van der Waals surface area contributed by atoms with Crippen molar-refractivity contribution in [2.75, 3.05) is 26.7 Å². The van der Waals surface area contributed by atoms with Gasteiger partial charge in [-0.1, -0.05) is 12.1 Å². The Bertz CT molecular complexity index is 531. The van der Waals surface area contributed by atoms with Crippen molar-refractivity contribution in [1.82, 2.24) is 10.6 Å². The van der Waals surface area contributed by atoms with Gasteiger partial charge in [-0.25, -0.2) is 0 Å². The number of aliphatic imine (C=N–C) groups is 1. The zero-order valence-corrected chi connectivity index (χ0v) is 17.4. The quantitative estimate of drug-likeness (QED) is 0.400. The van der Waals surface area contributed by atoms with E-state index in [4.69, 9.17) is 9.47 Å². The average Bonchev–Trinajstić information content (AvgIpc) is 2.94. The maximum absolute atomic E-state index is 5.92. The Morgan fingerprint density at radius 3 is 2.83 bits per heavy atom. The van der Waals surface area contributed by atoms with Crippen LogP contribution < -0.4 is 15.4 Å². The Labute approximate surface area is 162 Å².